The summed E-state index contributed by atoms with van der Waals surface area (Å²) in [6.45, 7) is 0. The van der Waals surface area contributed by atoms with Gasteiger partial charge >= 0.3 is 0 Å². The van der Waals surface area contributed by atoms with Crippen molar-refractivity contribution in [1.29, 1.82) is 10.5 Å². The molecule has 76 valence electrons. The van der Waals surface area contributed by atoms with Crippen molar-refractivity contribution < 1.29 is 10.2 Å². The van der Waals surface area contributed by atoms with Crippen LogP contribution in [-0.2, 0) is 0 Å². The van der Waals surface area contributed by atoms with Crippen LogP contribution in [0, 0.1) is 22.7 Å². The lowest BCUT2D eigenvalue weighted by Gasteiger charge is -2.07. The Balaban J connectivity index is 3.10. The molecule has 2 rings (SSSR count). The van der Waals surface area contributed by atoms with Gasteiger partial charge in [0.25, 0.3) is 0 Å². The molecule has 0 amide bonds. The van der Waals surface area contributed by atoms with Gasteiger partial charge in [0.1, 0.15) is 23.3 Å². The second-order valence-electron chi connectivity index (χ2n) is 3.22. The minimum Gasteiger partial charge on any atom is -0.503 e. The SMILES string of the molecule is N#Cc1c(O)c(O)c(C#N)c2ccccc12. The van der Waals surface area contributed by atoms with E-state index >= 15 is 0 Å². The predicted octanol–water partition coefficient (Wildman–Crippen LogP) is 1.99. The average Bonchev–Trinajstić information content (AvgIpc) is 2.31. The Morgan fingerprint density at radius 3 is 1.50 bits per heavy atom. The molecule has 0 saturated carbocycles. The summed E-state index contributed by atoms with van der Waals surface area (Å²) in [4.78, 5) is 0. The van der Waals surface area contributed by atoms with E-state index in [9.17, 15) is 10.2 Å². The summed E-state index contributed by atoms with van der Waals surface area (Å²) in [6, 6.07) is 10.3. The maximum atomic E-state index is 9.58. The van der Waals surface area contributed by atoms with Gasteiger partial charge in [-0.25, -0.2) is 0 Å². The van der Waals surface area contributed by atoms with Crippen LogP contribution in [0.4, 0.5) is 0 Å². The number of nitrogens with zero attached hydrogens (tertiary/aromatic N) is 2. The lowest BCUT2D eigenvalue weighted by atomic mass is 9.98. The number of phenols is 2. The highest BCUT2D eigenvalue weighted by atomic mass is 16.3. The zero-order chi connectivity index (χ0) is 11.7. The first-order valence-electron chi connectivity index (χ1n) is 4.47. The largest absolute Gasteiger partial charge is 0.503 e. The van der Waals surface area contributed by atoms with Crippen LogP contribution < -0.4 is 0 Å². The lowest BCUT2D eigenvalue weighted by Crippen LogP contribution is -1.87. The molecule has 2 N–H and O–H groups in total. The summed E-state index contributed by atoms with van der Waals surface area (Å²) < 4.78 is 0. The maximum absolute atomic E-state index is 9.58. The molecular formula is C12H6N2O2. The third kappa shape index (κ3) is 1.14. The van der Waals surface area contributed by atoms with Crippen LogP contribution >= 0.6 is 0 Å². The van der Waals surface area contributed by atoms with Crippen molar-refractivity contribution in [2.45, 2.75) is 0 Å². The van der Waals surface area contributed by atoms with Crippen molar-refractivity contribution in [1.82, 2.24) is 0 Å². The summed E-state index contributed by atoms with van der Waals surface area (Å²) in [6.07, 6.45) is 0. The van der Waals surface area contributed by atoms with E-state index in [2.05, 4.69) is 0 Å². The second kappa shape index (κ2) is 3.45. The van der Waals surface area contributed by atoms with Gasteiger partial charge in [0.15, 0.2) is 11.5 Å². The Hall–Kier alpha value is -2.72. The highest BCUT2D eigenvalue weighted by Crippen LogP contribution is 2.39. The Morgan fingerprint density at radius 2 is 1.19 bits per heavy atom. The number of hydrogen-bond acceptors (Lipinski definition) is 4. The van der Waals surface area contributed by atoms with E-state index in [1.54, 1.807) is 24.3 Å². The number of nitriles is 2. The number of phenolic OH excluding ortho intramolecular Hbond substituents is 2. The van der Waals surface area contributed by atoms with Gasteiger partial charge in [-0.05, 0) is 0 Å². The molecule has 2 aromatic carbocycles. The van der Waals surface area contributed by atoms with Crippen molar-refractivity contribution in [3.05, 3.63) is 35.4 Å². The minimum atomic E-state index is -0.544. The van der Waals surface area contributed by atoms with E-state index in [1.807, 2.05) is 12.1 Å². The molecule has 0 unspecified atom stereocenters. The zero-order valence-electron chi connectivity index (χ0n) is 8.10. The average molecular weight is 210 g/mol. The maximum Gasteiger partial charge on any atom is 0.177 e. The molecule has 2 aromatic rings. The summed E-state index contributed by atoms with van der Waals surface area (Å²) >= 11 is 0. The molecule has 0 aromatic heterocycles. The first-order valence-corrected chi connectivity index (χ1v) is 4.47. The van der Waals surface area contributed by atoms with E-state index in [0.29, 0.717) is 10.8 Å². The monoisotopic (exact) mass is 210 g/mol. The Bertz CT molecular complexity index is 605. The van der Waals surface area contributed by atoms with Gasteiger partial charge in [-0.1, -0.05) is 24.3 Å². The van der Waals surface area contributed by atoms with Gasteiger partial charge in [0, 0.05) is 10.8 Å². The zero-order valence-corrected chi connectivity index (χ0v) is 8.10. The van der Waals surface area contributed by atoms with Crippen molar-refractivity contribution >= 4 is 10.8 Å². The molecule has 0 aliphatic carbocycles. The standard InChI is InChI=1S/C12H6N2O2/c13-5-9-7-3-1-2-4-8(7)10(6-14)12(16)11(9)15/h1-4,15-16H. The first kappa shape index (κ1) is 9.82. The fourth-order valence-corrected chi connectivity index (χ4v) is 1.64. The summed E-state index contributed by atoms with van der Waals surface area (Å²) in [5.74, 6) is -1.09. The normalized spacial score (nSPS) is 9.62. The van der Waals surface area contributed by atoms with Gasteiger partial charge in [-0.15, -0.1) is 0 Å². The van der Waals surface area contributed by atoms with Gasteiger partial charge in [-0.3, -0.25) is 0 Å². The van der Waals surface area contributed by atoms with Gasteiger partial charge < -0.3 is 10.2 Å². The topological polar surface area (TPSA) is 88.0 Å². The molecule has 0 atom stereocenters. The van der Waals surface area contributed by atoms with Crippen LogP contribution in [0.15, 0.2) is 24.3 Å². The third-order valence-corrected chi connectivity index (χ3v) is 2.39. The summed E-state index contributed by atoms with van der Waals surface area (Å²) in [5.41, 5.74) is -0.0424. The van der Waals surface area contributed by atoms with E-state index in [0.717, 1.165) is 0 Å². The highest BCUT2D eigenvalue weighted by Gasteiger charge is 2.17. The molecule has 4 heteroatoms. The molecule has 0 fully saturated rings. The highest BCUT2D eigenvalue weighted by molar-refractivity contribution is 5.97. The van der Waals surface area contributed by atoms with Crippen molar-refractivity contribution in [2.75, 3.05) is 0 Å². The number of rotatable bonds is 0. The molecule has 0 radical (unpaired) electrons. The summed E-state index contributed by atoms with van der Waals surface area (Å²) in [7, 11) is 0. The molecule has 16 heavy (non-hydrogen) atoms. The minimum absolute atomic E-state index is 0.0212. The van der Waals surface area contributed by atoms with Crippen molar-refractivity contribution in [3.8, 4) is 23.6 Å². The number of aromatic hydroxyl groups is 2. The molecule has 0 aliphatic rings. The fourth-order valence-electron chi connectivity index (χ4n) is 1.64. The molecular weight excluding hydrogens is 204 g/mol. The summed E-state index contributed by atoms with van der Waals surface area (Å²) in [5, 5.41) is 37.9. The second-order valence-corrected chi connectivity index (χ2v) is 3.22. The molecule has 0 heterocycles. The molecule has 4 nitrogen and oxygen atoms in total. The fraction of sp³-hybridized carbons (Fsp3) is 0. The number of benzene rings is 2. The Kier molecular flexibility index (Phi) is 2.12. The van der Waals surface area contributed by atoms with Gasteiger partial charge in [0.05, 0.1) is 0 Å². The first-order chi connectivity index (χ1) is 7.70. The third-order valence-electron chi connectivity index (χ3n) is 2.39. The van der Waals surface area contributed by atoms with Crippen molar-refractivity contribution in [2.24, 2.45) is 0 Å². The van der Waals surface area contributed by atoms with E-state index in [4.69, 9.17) is 10.5 Å². The van der Waals surface area contributed by atoms with Crippen LogP contribution in [0.2, 0.25) is 0 Å². The van der Waals surface area contributed by atoms with Crippen LogP contribution in [0.25, 0.3) is 10.8 Å². The molecule has 0 saturated heterocycles. The molecule has 0 spiro atoms. The van der Waals surface area contributed by atoms with Gasteiger partial charge in [-0.2, -0.15) is 10.5 Å². The number of hydrogen-bond donors (Lipinski definition) is 2. The van der Waals surface area contributed by atoms with Crippen LogP contribution in [0.3, 0.4) is 0 Å². The van der Waals surface area contributed by atoms with E-state index in [-0.39, 0.29) is 11.1 Å². The smallest absolute Gasteiger partial charge is 0.177 e. The van der Waals surface area contributed by atoms with Gasteiger partial charge in [0.2, 0.25) is 0 Å². The Labute approximate surface area is 91.2 Å². The van der Waals surface area contributed by atoms with Crippen LogP contribution in [-0.4, -0.2) is 10.2 Å². The Morgan fingerprint density at radius 1 is 0.812 bits per heavy atom. The van der Waals surface area contributed by atoms with Crippen molar-refractivity contribution in [3.63, 3.8) is 0 Å². The lowest BCUT2D eigenvalue weighted by molar-refractivity contribution is 0.403. The molecule has 0 aliphatic heterocycles. The van der Waals surface area contributed by atoms with Crippen LogP contribution in [0.5, 0.6) is 11.5 Å². The van der Waals surface area contributed by atoms with E-state index in [1.165, 1.54) is 0 Å². The molecule has 0 bridgehead atoms. The van der Waals surface area contributed by atoms with Crippen LogP contribution in [0.1, 0.15) is 11.1 Å². The number of fused-ring (bicyclic) bond motifs is 1. The quantitative estimate of drug-likeness (QED) is 0.651. The van der Waals surface area contributed by atoms with E-state index < -0.39 is 11.5 Å². The predicted molar refractivity (Wildman–Crippen MR) is 56.7 cm³/mol.